The molecule has 1 amide bonds. The number of rotatable bonds is 28. The Morgan fingerprint density at radius 1 is 0.864 bits per heavy atom. The van der Waals surface area contributed by atoms with Gasteiger partial charge in [-0.05, 0) is 105 Å². The Labute approximate surface area is 396 Å². The fourth-order valence-corrected chi connectivity index (χ4v) is 10.8. The lowest BCUT2D eigenvalue weighted by Gasteiger charge is -2.60. The van der Waals surface area contributed by atoms with Crippen molar-refractivity contribution in [2.45, 2.75) is 167 Å². The van der Waals surface area contributed by atoms with Gasteiger partial charge >= 0.3 is 0 Å². The van der Waals surface area contributed by atoms with Crippen molar-refractivity contribution in [2.24, 2.45) is 22.9 Å². The minimum Gasteiger partial charge on any atom is -0.490 e. The van der Waals surface area contributed by atoms with Crippen LogP contribution in [0.3, 0.4) is 0 Å². The number of amides is 1. The fourth-order valence-electron chi connectivity index (χ4n) is 10.8. The van der Waals surface area contributed by atoms with Gasteiger partial charge in [0.25, 0.3) is 0 Å². The van der Waals surface area contributed by atoms with E-state index in [0.717, 1.165) is 83.9 Å². The molecule has 0 saturated heterocycles. The molecule has 9 nitrogen and oxygen atoms in total. The van der Waals surface area contributed by atoms with Crippen molar-refractivity contribution >= 4 is 22.4 Å². The second kappa shape index (κ2) is 25.1. The van der Waals surface area contributed by atoms with Gasteiger partial charge in [0.1, 0.15) is 29.7 Å². The van der Waals surface area contributed by atoms with E-state index >= 15 is 4.79 Å². The average molecular weight is 905 g/mol. The third kappa shape index (κ3) is 12.8. The van der Waals surface area contributed by atoms with Gasteiger partial charge in [-0.1, -0.05) is 144 Å². The molecular weight excluding hydrogens is 825 g/mol. The van der Waals surface area contributed by atoms with Crippen molar-refractivity contribution in [1.82, 2.24) is 4.90 Å². The van der Waals surface area contributed by atoms with Crippen LogP contribution in [-0.4, -0.2) is 70.6 Å². The summed E-state index contributed by atoms with van der Waals surface area (Å²) in [5.41, 5.74) is 3.35. The number of fused-ring (bicyclic) bond motifs is 3. The fraction of sp³-hybridized carbons (Fsp3) is 0.579. The Hall–Kier alpha value is -4.44. The number of carbonyl (C=O) groups is 1. The first-order valence-electron chi connectivity index (χ1n) is 25.4. The summed E-state index contributed by atoms with van der Waals surface area (Å²) in [6.45, 7) is 17.5. The molecule has 0 spiro atoms. The predicted octanol–water partition coefficient (Wildman–Crippen LogP) is 12.8. The molecule has 9 heteroatoms. The maximum atomic E-state index is 15.4. The van der Waals surface area contributed by atoms with E-state index in [9.17, 15) is 10.2 Å². The highest BCUT2D eigenvalue weighted by atomic mass is 16.7. The summed E-state index contributed by atoms with van der Waals surface area (Å²) >= 11 is 0. The summed E-state index contributed by atoms with van der Waals surface area (Å²) in [7, 11) is 0. The first-order chi connectivity index (χ1) is 32.1. The van der Waals surface area contributed by atoms with Crippen molar-refractivity contribution in [1.29, 1.82) is 0 Å². The standard InChI is InChI=1S/C57H80N2O7/c1-7-10-11-12-13-14-15-16-17-31-53(62)59(41-44-28-24-27-42-25-18-19-29-46(42)44)52-40-50(58-66-56(4,5)6)48-38-43(26-20-22-34-60)47(30-21-23-35-61)54-49-39-45(63-36-8-2)32-33-51(49)65-57(52,55(48)54)64-37-9-3/h8-9,18-19,24-25,27-29,32-33,38-39,43,47,52,54-55,60-61H,2-3,7,10-17,20-23,26,30-31,34-37,40-41H2,1,4-6H3/t43-,47+,52-,54+,55+,57+/m0/s1. The van der Waals surface area contributed by atoms with E-state index in [0.29, 0.717) is 44.6 Å². The molecule has 3 aliphatic rings. The van der Waals surface area contributed by atoms with Gasteiger partial charge in [0.2, 0.25) is 11.7 Å². The second-order valence-electron chi connectivity index (χ2n) is 19.8. The Bertz CT molecular complexity index is 2080. The molecule has 0 bridgehead atoms. The van der Waals surface area contributed by atoms with Crippen LogP contribution in [-0.2, 0) is 20.9 Å². The molecule has 1 heterocycles. The van der Waals surface area contributed by atoms with Gasteiger partial charge in [-0.3, -0.25) is 4.79 Å². The average Bonchev–Trinajstić information content (AvgIpc) is 3.31. The number of ether oxygens (including phenoxy) is 3. The number of hydrogen-bond donors (Lipinski definition) is 2. The van der Waals surface area contributed by atoms with Crippen molar-refractivity contribution < 1.29 is 34.1 Å². The first-order valence-corrected chi connectivity index (χ1v) is 25.4. The number of carbonyl (C=O) groups excluding carboxylic acids is 1. The number of unbranched alkanes of at least 4 members (excludes halogenated alkanes) is 10. The van der Waals surface area contributed by atoms with Gasteiger partial charge in [-0.25, -0.2) is 0 Å². The molecular formula is C57H80N2O7. The van der Waals surface area contributed by atoms with Crippen molar-refractivity contribution in [3.05, 3.63) is 109 Å². The highest BCUT2D eigenvalue weighted by molar-refractivity contribution is 6.03. The second-order valence-corrected chi connectivity index (χ2v) is 19.8. The van der Waals surface area contributed by atoms with Gasteiger partial charge in [0, 0.05) is 44.1 Å². The number of aliphatic hydroxyl groups is 2. The lowest BCUT2D eigenvalue weighted by atomic mass is 9.55. The minimum absolute atomic E-state index is 0.0669. The van der Waals surface area contributed by atoms with Gasteiger partial charge in [-0.15, -0.1) is 6.58 Å². The van der Waals surface area contributed by atoms with Crippen molar-refractivity contribution in [2.75, 3.05) is 26.4 Å². The lowest BCUT2D eigenvalue weighted by molar-refractivity contribution is -0.258. The third-order valence-corrected chi connectivity index (χ3v) is 13.9. The number of oxime groups is 1. The normalized spacial score (nSPS) is 22.8. The van der Waals surface area contributed by atoms with E-state index in [-0.39, 0.29) is 43.5 Å². The van der Waals surface area contributed by atoms with Crippen molar-refractivity contribution in [3.8, 4) is 11.5 Å². The summed E-state index contributed by atoms with van der Waals surface area (Å²) in [5.74, 6) is -0.137. The van der Waals surface area contributed by atoms with Crippen LogP contribution in [0.15, 0.2) is 103 Å². The van der Waals surface area contributed by atoms with Crippen LogP contribution in [0, 0.1) is 17.8 Å². The summed E-state index contributed by atoms with van der Waals surface area (Å²) < 4.78 is 21.0. The van der Waals surface area contributed by atoms with Crippen LogP contribution in [0.4, 0.5) is 0 Å². The molecule has 360 valence electrons. The Balaban J connectivity index is 1.54. The summed E-state index contributed by atoms with van der Waals surface area (Å²) in [6.07, 6.45) is 22.0. The molecule has 0 unspecified atom stereocenters. The van der Waals surface area contributed by atoms with Crippen LogP contribution < -0.4 is 9.47 Å². The van der Waals surface area contributed by atoms with E-state index in [1.807, 2.05) is 32.9 Å². The van der Waals surface area contributed by atoms with Gasteiger partial charge in [-0.2, -0.15) is 0 Å². The summed E-state index contributed by atoms with van der Waals surface area (Å²) in [4.78, 5) is 23.9. The van der Waals surface area contributed by atoms with Crippen molar-refractivity contribution in [3.63, 3.8) is 0 Å². The largest absolute Gasteiger partial charge is 0.490 e. The SMILES string of the molecule is C=CCOc1ccc2c(c1)[C@H]1[C@H](CCCCO)[C@@H](CCCCO)C=C3C(=NOC(C)(C)C)C[C@H](N(Cc4cccc5ccccc45)C(=O)CCCCCCCCCCC)[C@@](OCC=C)(O2)[C@H]31. The molecule has 66 heavy (non-hydrogen) atoms. The number of benzene rings is 3. The van der Waals surface area contributed by atoms with Gasteiger partial charge in [0.05, 0.1) is 18.2 Å². The molecule has 6 rings (SSSR count). The summed E-state index contributed by atoms with van der Waals surface area (Å²) in [5, 5.41) is 27.3. The molecule has 1 fully saturated rings. The Kier molecular flexibility index (Phi) is 19.4. The molecule has 3 aromatic carbocycles. The summed E-state index contributed by atoms with van der Waals surface area (Å²) in [6, 6.07) is 20.2. The van der Waals surface area contributed by atoms with Crippen LogP contribution in [0.1, 0.15) is 154 Å². The molecule has 1 aliphatic heterocycles. The maximum Gasteiger partial charge on any atom is 0.239 e. The van der Waals surface area contributed by atoms with Crippen LogP contribution in [0.2, 0.25) is 0 Å². The monoisotopic (exact) mass is 905 g/mol. The number of hydrogen-bond acceptors (Lipinski definition) is 8. The lowest BCUT2D eigenvalue weighted by Crippen LogP contribution is -2.70. The molecule has 3 aromatic rings. The van der Waals surface area contributed by atoms with E-state index < -0.39 is 23.3 Å². The topological polar surface area (TPSA) is 110 Å². The van der Waals surface area contributed by atoms with Crippen LogP contribution >= 0.6 is 0 Å². The number of aliphatic hydroxyl groups excluding tert-OH is 2. The van der Waals surface area contributed by atoms with Gasteiger partial charge in [0.15, 0.2) is 0 Å². The van der Waals surface area contributed by atoms with E-state index in [1.165, 1.54) is 38.5 Å². The molecule has 0 radical (unpaired) electrons. The van der Waals surface area contributed by atoms with Crippen LogP contribution in [0.5, 0.6) is 11.5 Å². The molecule has 1 saturated carbocycles. The number of allylic oxidation sites excluding steroid dienone is 1. The van der Waals surface area contributed by atoms with E-state index in [4.69, 9.17) is 24.2 Å². The highest BCUT2D eigenvalue weighted by Gasteiger charge is 2.65. The van der Waals surface area contributed by atoms with Crippen LogP contribution in [0.25, 0.3) is 10.8 Å². The smallest absolute Gasteiger partial charge is 0.239 e. The minimum atomic E-state index is -1.34. The molecule has 6 atom stereocenters. The van der Waals surface area contributed by atoms with Gasteiger partial charge < -0.3 is 34.2 Å². The zero-order valence-electron chi connectivity index (χ0n) is 40.7. The highest BCUT2D eigenvalue weighted by Crippen LogP contribution is 2.62. The predicted molar refractivity (Wildman–Crippen MR) is 268 cm³/mol. The Morgan fingerprint density at radius 3 is 2.27 bits per heavy atom. The van der Waals surface area contributed by atoms with E-state index in [2.05, 4.69) is 79.6 Å². The maximum absolute atomic E-state index is 15.4. The molecule has 2 N–H and O–H groups in total. The quantitative estimate of drug-likeness (QED) is 0.0424. The zero-order valence-corrected chi connectivity index (χ0v) is 40.7. The molecule has 0 aromatic heterocycles. The zero-order chi connectivity index (χ0) is 46.9. The third-order valence-electron chi connectivity index (χ3n) is 13.9. The first kappa shape index (κ1) is 51.0. The molecule has 2 aliphatic carbocycles. The van der Waals surface area contributed by atoms with E-state index in [1.54, 1.807) is 12.2 Å². The Morgan fingerprint density at radius 2 is 1.56 bits per heavy atom. The number of nitrogens with zero attached hydrogens (tertiary/aromatic N) is 2.